The Hall–Kier alpha value is -2.24. The molecule has 1 aromatic rings. The van der Waals surface area contributed by atoms with E-state index in [2.05, 4.69) is 0 Å². The van der Waals surface area contributed by atoms with Crippen LogP contribution in [0.2, 0.25) is 0 Å². The van der Waals surface area contributed by atoms with Crippen molar-refractivity contribution in [2.75, 3.05) is 33.3 Å². The molecule has 2 aliphatic heterocycles. The normalized spacial score (nSPS) is 22.5. The number of piperidine rings is 2. The van der Waals surface area contributed by atoms with E-state index in [1.54, 1.807) is 7.11 Å². The first kappa shape index (κ1) is 21.5. The molecule has 0 radical (unpaired) electrons. The highest BCUT2D eigenvalue weighted by Crippen LogP contribution is 2.39. The summed E-state index contributed by atoms with van der Waals surface area (Å²) in [6.45, 7) is 8.61. The van der Waals surface area contributed by atoms with E-state index < -0.39 is 5.60 Å². The fourth-order valence-corrected chi connectivity index (χ4v) is 4.47. The molecule has 2 fully saturated rings. The molecule has 0 unspecified atom stereocenters. The zero-order chi connectivity index (χ0) is 21.1. The summed E-state index contributed by atoms with van der Waals surface area (Å²) >= 11 is 0. The van der Waals surface area contributed by atoms with Crippen molar-refractivity contribution in [2.45, 2.75) is 58.5 Å². The van der Waals surface area contributed by atoms with Crippen molar-refractivity contribution in [1.29, 1.82) is 0 Å². The van der Waals surface area contributed by atoms with Crippen LogP contribution in [0.4, 0.5) is 4.79 Å². The van der Waals surface area contributed by atoms with Crippen LogP contribution in [0.5, 0.6) is 5.75 Å². The first-order valence-electron chi connectivity index (χ1n) is 10.6. The first-order valence-corrected chi connectivity index (χ1v) is 10.6. The number of nitrogens with zero attached hydrogens (tertiary/aromatic N) is 2. The lowest BCUT2D eigenvalue weighted by atomic mass is 9.73. The van der Waals surface area contributed by atoms with Gasteiger partial charge in [0.25, 0.3) is 0 Å². The summed E-state index contributed by atoms with van der Waals surface area (Å²) in [6.07, 6.45) is 4.21. The molecule has 29 heavy (non-hydrogen) atoms. The average molecular weight is 403 g/mol. The topological polar surface area (TPSA) is 59.1 Å². The molecule has 2 amide bonds. The molecule has 160 valence electrons. The molecule has 1 spiro atoms. The number of hydrogen-bond donors (Lipinski definition) is 0. The van der Waals surface area contributed by atoms with Crippen molar-refractivity contribution in [2.24, 2.45) is 5.41 Å². The minimum atomic E-state index is -0.491. The molecule has 2 aliphatic rings. The zero-order valence-corrected chi connectivity index (χ0v) is 18.2. The van der Waals surface area contributed by atoms with Crippen LogP contribution in [-0.4, -0.2) is 60.7 Å². The van der Waals surface area contributed by atoms with Crippen LogP contribution < -0.4 is 4.74 Å². The van der Waals surface area contributed by atoms with E-state index in [0.29, 0.717) is 13.0 Å². The average Bonchev–Trinajstić information content (AvgIpc) is 2.67. The highest BCUT2D eigenvalue weighted by atomic mass is 16.6. The van der Waals surface area contributed by atoms with Crippen LogP contribution >= 0.6 is 0 Å². The van der Waals surface area contributed by atoms with Gasteiger partial charge in [-0.3, -0.25) is 4.79 Å². The summed E-state index contributed by atoms with van der Waals surface area (Å²) in [5.41, 5.74) is 0.492. The van der Waals surface area contributed by atoms with E-state index in [9.17, 15) is 9.59 Å². The fraction of sp³-hybridized carbons (Fsp3) is 0.652. The van der Waals surface area contributed by atoms with Gasteiger partial charge in [0.15, 0.2) is 0 Å². The maximum Gasteiger partial charge on any atom is 0.410 e. The van der Waals surface area contributed by atoms with Crippen LogP contribution in [0.25, 0.3) is 0 Å². The van der Waals surface area contributed by atoms with Gasteiger partial charge in [-0.2, -0.15) is 0 Å². The Bertz CT molecular complexity index is 721. The second-order valence-corrected chi connectivity index (χ2v) is 9.45. The van der Waals surface area contributed by atoms with Crippen molar-refractivity contribution < 1.29 is 19.1 Å². The molecular formula is C23H34N2O4. The molecule has 2 heterocycles. The van der Waals surface area contributed by atoms with Crippen LogP contribution in [0, 0.1) is 5.41 Å². The number of benzene rings is 1. The number of rotatable bonds is 3. The number of ether oxygens (including phenoxy) is 2. The second kappa shape index (κ2) is 8.64. The van der Waals surface area contributed by atoms with E-state index in [4.69, 9.17) is 9.47 Å². The summed E-state index contributed by atoms with van der Waals surface area (Å²) in [4.78, 5) is 29.3. The van der Waals surface area contributed by atoms with Crippen LogP contribution in [0.3, 0.4) is 0 Å². The first-order chi connectivity index (χ1) is 13.7. The minimum absolute atomic E-state index is 0.0109. The lowest BCUT2D eigenvalue weighted by Gasteiger charge is -2.48. The molecule has 6 heteroatoms. The smallest absolute Gasteiger partial charge is 0.410 e. The van der Waals surface area contributed by atoms with E-state index in [-0.39, 0.29) is 17.4 Å². The molecule has 0 N–H and O–H groups in total. The number of hydrogen-bond acceptors (Lipinski definition) is 4. The Kier molecular flexibility index (Phi) is 6.39. The van der Waals surface area contributed by atoms with Gasteiger partial charge < -0.3 is 19.3 Å². The summed E-state index contributed by atoms with van der Waals surface area (Å²) in [7, 11) is 1.64. The molecule has 0 saturated carbocycles. The molecule has 2 saturated heterocycles. The minimum Gasteiger partial charge on any atom is -0.497 e. The van der Waals surface area contributed by atoms with E-state index in [0.717, 1.165) is 56.6 Å². The lowest BCUT2D eigenvalue weighted by molar-refractivity contribution is -0.135. The molecule has 1 aromatic carbocycles. The van der Waals surface area contributed by atoms with Gasteiger partial charge in [0, 0.05) is 31.6 Å². The van der Waals surface area contributed by atoms with Crippen molar-refractivity contribution in [1.82, 2.24) is 9.80 Å². The van der Waals surface area contributed by atoms with Crippen molar-refractivity contribution in [3.05, 3.63) is 29.8 Å². The van der Waals surface area contributed by atoms with Gasteiger partial charge in [-0.1, -0.05) is 12.1 Å². The van der Waals surface area contributed by atoms with Crippen molar-refractivity contribution >= 4 is 12.0 Å². The Labute approximate surface area is 174 Å². The second-order valence-electron chi connectivity index (χ2n) is 9.45. The number of carbonyl (C=O) groups excluding carboxylic acids is 2. The van der Waals surface area contributed by atoms with E-state index >= 15 is 0 Å². The van der Waals surface area contributed by atoms with Crippen LogP contribution in [0.15, 0.2) is 24.3 Å². The molecule has 6 nitrogen and oxygen atoms in total. The van der Waals surface area contributed by atoms with Gasteiger partial charge in [0.2, 0.25) is 5.91 Å². The molecule has 3 rings (SSSR count). The Morgan fingerprint density at radius 3 is 2.17 bits per heavy atom. The maximum atomic E-state index is 12.9. The molecule has 0 bridgehead atoms. The Morgan fingerprint density at radius 1 is 1.00 bits per heavy atom. The van der Waals surface area contributed by atoms with Gasteiger partial charge in [0.05, 0.1) is 13.5 Å². The van der Waals surface area contributed by atoms with Gasteiger partial charge in [0.1, 0.15) is 11.4 Å². The standard InChI is InChI=1S/C23H34N2O4/c1-22(2,3)29-21(27)25-14-6-12-23(17-25)11-5-13-24(16-23)20(26)15-18-7-9-19(28-4)10-8-18/h7-10H,5-6,11-17H2,1-4H3/t23-/m1/s1. The van der Waals surface area contributed by atoms with E-state index in [1.165, 1.54) is 0 Å². The summed E-state index contributed by atoms with van der Waals surface area (Å²) < 4.78 is 10.8. The van der Waals surface area contributed by atoms with Gasteiger partial charge in [-0.15, -0.1) is 0 Å². The molecule has 0 aliphatic carbocycles. The summed E-state index contributed by atoms with van der Waals surface area (Å²) in [5, 5.41) is 0. The third kappa shape index (κ3) is 5.64. The highest BCUT2D eigenvalue weighted by Gasteiger charge is 2.42. The maximum absolute atomic E-state index is 12.9. The molecule has 1 atom stereocenters. The SMILES string of the molecule is COc1ccc(CC(=O)N2CCC[C@@]3(CCCN(C(=O)OC(C)(C)C)C3)C2)cc1. The van der Waals surface area contributed by atoms with Gasteiger partial charge in [-0.25, -0.2) is 4.79 Å². The molecular weight excluding hydrogens is 368 g/mol. The number of likely N-dealkylation sites (tertiary alicyclic amines) is 2. The predicted molar refractivity (Wildman–Crippen MR) is 112 cm³/mol. The van der Waals surface area contributed by atoms with Crippen molar-refractivity contribution in [3.63, 3.8) is 0 Å². The molecule has 0 aromatic heterocycles. The summed E-state index contributed by atoms with van der Waals surface area (Å²) in [6, 6.07) is 7.67. The fourth-order valence-electron chi connectivity index (χ4n) is 4.47. The zero-order valence-electron chi connectivity index (χ0n) is 18.2. The quantitative estimate of drug-likeness (QED) is 0.770. The third-order valence-electron chi connectivity index (χ3n) is 5.84. The summed E-state index contributed by atoms with van der Waals surface area (Å²) in [5.74, 6) is 0.950. The number of methoxy groups -OCH3 is 1. The number of carbonyl (C=O) groups is 2. The largest absolute Gasteiger partial charge is 0.497 e. The van der Waals surface area contributed by atoms with Gasteiger partial charge in [-0.05, 0) is 64.2 Å². The van der Waals surface area contributed by atoms with Crippen molar-refractivity contribution in [3.8, 4) is 5.75 Å². The monoisotopic (exact) mass is 402 g/mol. The third-order valence-corrected chi connectivity index (χ3v) is 5.84. The van der Waals surface area contributed by atoms with Gasteiger partial charge >= 0.3 is 6.09 Å². The Balaban J connectivity index is 1.62. The van der Waals surface area contributed by atoms with E-state index in [1.807, 2.05) is 54.8 Å². The highest BCUT2D eigenvalue weighted by molar-refractivity contribution is 5.79. The van der Waals surface area contributed by atoms with Crippen LogP contribution in [0.1, 0.15) is 52.0 Å². The predicted octanol–water partition coefficient (Wildman–Crippen LogP) is 3.88. The van der Waals surface area contributed by atoms with Crippen LogP contribution in [-0.2, 0) is 16.0 Å². The lowest BCUT2D eigenvalue weighted by Crippen LogP contribution is -2.55. The Morgan fingerprint density at radius 2 is 1.59 bits per heavy atom. The number of amides is 2.